The molecule has 0 amide bonds. The summed E-state index contributed by atoms with van der Waals surface area (Å²) in [4.78, 5) is 13.7. The first-order valence-corrected chi connectivity index (χ1v) is 5.66. The van der Waals surface area contributed by atoms with E-state index in [2.05, 4.69) is 17.0 Å². The summed E-state index contributed by atoms with van der Waals surface area (Å²) >= 11 is 0. The fourth-order valence-corrected chi connectivity index (χ4v) is 2.18. The highest BCUT2D eigenvalue weighted by molar-refractivity contribution is 5.86. The van der Waals surface area contributed by atoms with Gasteiger partial charge in [-0.3, -0.25) is 9.69 Å². The van der Waals surface area contributed by atoms with Crippen LogP contribution in [-0.4, -0.2) is 29.3 Å². The van der Waals surface area contributed by atoms with Gasteiger partial charge in [-0.2, -0.15) is 0 Å². The molecule has 1 aromatic rings. The first kappa shape index (κ1) is 11.3. The Morgan fingerprint density at radius 2 is 2.12 bits per heavy atom. The van der Waals surface area contributed by atoms with Crippen LogP contribution in [0.2, 0.25) is 0 Å². The van der Waals surface area contributed by atoms with Gasteiger partial charge in [0.05, 0.1) is 5.54 Å². The molecule has 1 saturated heterocycles. The van der Waals surface area contributed by atoms with Gasteiger partial charge >= 0.3 is 0 Å². The molecule has 86 valence electrons. The number of benzene rings is 1. The van der Waals surface area contributed by atoms with E-state index in [0.717, 1.165) is 19.5 Å². The second-order valence-corrected chi connectivity index (χ2v) is 4.66. The van der Waals surface area contributed by atoms with E-state index in [9.17, 15) is 4.79 Å². The third-order valence-electron chi connectivity index (χ3n) is 3.33. The SMILES string of the molecule is CC(=O)[C@@]1(N)CCN(Cc2ccccc2)C1. The molecule has 0 bridgehead atoms. The average molecular weight is 218 g/mol. The van der Waals surface area contributed by atoms with Crippen LogP contribution in [0.25, 0.3) is 0 Å². The first-order chi connectivity index (χ1) is 7.60. The van der Waals surface area contributed by atoms with E-state index < -0.39 is 5.54 Å². The second kappa shape index (κ2) is 4.36. The minimum atomic E-state index is -0.616. The predicted octanol–water partition coefficient (Wildman–Crippen LogP) is 1.18. The lowest BCUT2D eigenvalue weighted by atomic mass is 9.96. The maximum atomic E-state index is 11.4. The fourth-order valence-electron chi connectivity index (χ4n) is 2.18. The number of likely N-dealkylation sites (tertiary alicyclic amines) is 1. The van der Waals surface area contributed by atoms with Crippen molar-refractivity contribution in [3.8, 4) is 0 Å². The van der Waals surface area contributed by atoms with Gasteiger partial charge in [0.25, 0.3) is 0 Å². The molecular weight excluding hydrogens is 200 g/mol. The van der Waals surface area contributed by atoms with Gasteiger partial charge in [0.1, 0.15) is 0 Å². The van der Waals surface area contributed by atoms with Crippen LogP contribution in [0.15, 0.2) is 30.3 Å². The number of hydrogen-bond donors (Lipinski definition) is 1. The predicted molar refractivity (Wildman–Crippen MR) is 63.9 cm³/mol. The minimum absolute atomic E-state index is 0.100. The van der Waals surface area contributed by atoms with Crippen LogP contribution < -0.4 is 5.73 Å². The van der Waals surface area contributed by atoms with Gasteiger partial charge in [-0.1, -0.05) is 30.3 Å². The zero-order valence-corrected chi connectivity index (χ0v) is 9.65. The van der Waals surface area contributed by atoms with Gasteiger partial charge in [0, 0.05) is 19.6 Å². The summed E-state index contributed by atoms with van der Waals surface area (Å²) in [5.41, 5.74) is 6.71. The highest BCUT2D eigenvalue weighted by Crippen LogP contribution is 2.21. The number of rotatable bonds is 3. The van der Waals surface area contributed by atoms with Crippen molar-refractivity contribution < 1.29 is 4.79 Å². The quantitative estimate of drug-likeness (QED) is 0.828. The van der Waals surface area contributed by atoms with E-state index >= 15 is 0 Å². The van der Waals surface area contributed by atoms with E-state index in [-0.39, 0.29) is 5.78 Å². The number of carbonyl (C=O) groups excluding carboxylic acids is 1. The Bertz CT molecular complexity index is 377. The van der Waals surface area contributed by atoms with E-state index in [1.165, 1.54) is 5.56 Å². The Balaban J connectivity index is 1.98. The highest BCUT2D eigenvalue weighted by atomic mass is 16.1. The lowest BCUT2D eigenvalue weighted by molar-refractivity contribution is -0.121. The van der Waals surface area contributed by atoms with Crippen molar-refractivity contribution in [2.75, 3.05) is 13.1 Å². The third-order valence-corrected chi connectivity index (χ3v) is 3.33. The number of hydrogen-bond acceptors (Lipinski definition) is 3. The Morgan fingerprint density at radius 3 is 2.69 bits per heavy atom. The fraction of sp³-hybridized carbons (Fsp3) is 0.462. The van der Waals surface area contributed by atoms with E-state index in [1.54, 1.807) is 6.92 Å². The topological polar surface area (TPSA) is 46.3 Å². The summed E-state index contributed by atoms with van der Waals surface area (Å²) in [6, 6.07) is 10.3. The average Bonchev–Trinajstić information content (AvgIpc) is 2.63. The van der Waals surface area contributed by atoms with Crippen LogP contribution in [0.1, 0.15) is 18.9 Å². The molecule has 1 fully saturated rings. The van der Waals surface area contributed by atoms with Gasteiger partial charge < -0.3 is 5.73 Å². The molecule has 1 aromatic carbocycles. The molecule has 0 aliphatic carbocycles. The van der Waals surface area contributed by atoms with Crippen LogP contribution >= 0.6 is 0 Å². The molecule has 1 heterocycles. The van der Waals surface area contributed by atoms with Crippen LogP contribution in [0, 0.1) is 0 Å². The molecule has 0 saturated carbocycles. The molecule has 0 unspecified atom stereocenters. The van der Waals surface area contributed by atoms with E-state index in [4.69, 9.17) is 5.73 Å². The van der Waals surface area contributed by atoms with Crippen LogP contribution in [0.5, 0.6) is 0 Å². The molecule has 0 spiro atoms. The molecule has 1 atom stereocenters. The summed E-state index contributed by atoms with van der Waals surface area (Å²) in [6.07, 6.45) is 0.773. The van der Waals surface area contributed by atoms with Gasteiger partial charge in [0.2, 0.25) is 0 Å². The van der Waals surface area contributed by atoms with Crippen molar-refractivity contribution in [3.63, 3.8) is 0 Å². The van der Waals surface area contributed by atoms with Crippen molar-refractivity contribution in [3.05, 3.63) is 35.9 Å². The molecule has 3 nitrogen and oxygen atoms in total. The van der Waals surface area contributed by atoms with Crippen LogP contribution in [-0.2, 0) is 11.3 Å². The molecule has 0 aromatic heterocycles. The Kier molecular flexibility index (Phi) is 3.08. The van der Waals surface area contributed by atoms with Crippen molar-refractivity contribution >= 4 is 5.78 Å². The van der Waals surface area contributed by atoms with Crippen molar-refractivity contribution in [1.29, 1.82) is 0 Å². The zero-order chi connectivity index (χ0) is 11.6. The van der Waals surface area contributed by atoms with Crippen molar-refractivity contribution in [2.24, 2.45) is 5.73 Å². The zero-order valence-electron chi connectivity index (χ0n) is 9.65. The highest BCUT2D eigenvalue weighted by Gasteiger charge is 2.38. The van der Waals surface area contributed by atoms with Crippen LogP contribution in [0.3, 0.4) is 0 Å². The summed E-state index contributed by atoms with van der Waals surface area (Å²) < 4.78 is 0. The van der Waals surface area contributed by atoms with Gasteiger partial charge in [-0.05, 0) is 18.9 Å². The number of nitrogens with zero attached hydrogens (tertiary/aromatic N) is 1. The number of carbonyl (C=O) groups is 1. The summed E-state index contributed by atoms with van der Waals surface area (Å²) in [5, 5.41) is 0. The smallest absolute Gasteiger partial charge is 0.150 e. The Labute approximate surface area is 96.2 Å². The maximum Gasteiger partial charge on any atom is 0.150 e. The third kappa shape index (κ3) is 2.31. The molecule has 2 rings (SSSR count). The molecule has 3 heteroatoms. The van der Waals surface area contributed by atoms with Gasteiger partial charge in [0.15, 0.2) is 5.78 Å². The molecule has 16 heavy (non-hydrogen) atoms. The van der Waals surface area contributed by atoms with E-state index in [0.29, 0.717) is 6.54 Å². The monoisotopic (exact) mass is 218 g/mol. The minimum Gasteiger partial charge on any atom is -0.318 e. The Hall–Kier alpha value is -1.19. The van der Waals surface area contributed by atoms with Crippen molar-refractivity contribution in [1.82, 2.24) is 4.90 Å². The summed E-state index contributed by atoms with van der Waals surface area (Å²) in [5.74, 6) is 0.100. The lowest BCUT2D eigenvalue weighted by Crippen LogP contribution is -2.48. The van der Waals surface area contributed by atoms with Gasteiger partial charge in [-0.15, -0.1) is 0 Å². The first-order valence-electron chi connectivity index (χ1n) is 5.66. The molecule has 2 N–H and O–H groups in total. The lowest BCUT2D eigenvalue weighted by Gasteiger charge is -2.21. The van der Waals surface area contributed by atoms with Crippen molar-refractivity contribution in [2.45, 2.75) is 25.4 Å². The van der Waals surface area contributed by atoms with Gasteiger partial charge in [-0.25, -0.2) is 0 Å². The number of ketones is 1. The molecule has 1 aliphatic heterocycles. The summed E-state index contributed by atoms with van der Waals surface area (Å²) in [6.45, 7) is 4.06. The number of Topliss-reactive ketones (excluding diaryl/α,β-unsaturated/α-hetero) is 1. The second-order valence-electron chi connectivity index (χ2n) is 4.66. The van der Waals surface area contributed by atoms with E-state index in [1.807, 2.05) is 18.2 Å². The Morgan fingerprint density at radius 1 is 1.44 bits per heavy atom. The summed E-state index contributed by atoms with van der Waals surface area (Å²) in [7, 11) is 0. The van der Waals surface area contributed by atoms with Crippen LogP contribution in [0.4, 0.5) is 0 Å². The normalized spacial score (nSPS) is 25.9. The standard InChI is InChI=1S/C13H18N2O/c1-11(16)13(14)7-8-15(10-13)9-12-5-3-2-4-6-12/h2-6H,7-10,14H2,1H3/t13-/m1/s1. The molecular formula is C13H18N2O. The molecule has 0 radical (unpaired) electrons. The molecule has 1 aliphatic rings. The maximum absolute atomic E-state index is 11.4. The number of nitrogens with two attached hydrogens (primary N) is 1. The largest absolute Gasteiger partial charge is 0.318 e.